The molecule has 29 heavy (non-hydrogen) atoms. The molecule has 3 heterocycles. The minimum atomic E-state index is -0.372. The second-order valence-corrected chi connectivity index (χ2v) is 7.50. The quantitative estimate of drug-likeness (QED) is 0.559. The number of aromatic nitrogens is 5. The molecule has 1 atom stereocenters. The highest BCUT2D eigenvalue weighted by atomic mass is 35.5. The van der Waals surface area contributed by atoms with E-state index in [1.54, 1.807) is 28.9 Å². The zero-order chi connectivity index (χ0) is 20.1. The minimum Gasteiger partial charge on any atom is -0.327 e. The lowest BCUT2D eigenvalue weighted by Gasteiger charge is -2.26. The summed E-state index contributed by atoms with van der Waals surface area (Å²) in [6.45, 7) is 0.359. The summed E-state index contributed by atoms with van der Waals surface area (Å²) in [5.74, 6) is -0.507. The molecule has 9 heteroatoms. The van der Waals surface area contributed by atoms with Crippen molar-refractivity contribution in [3.63, 3.8) is 0 Å². The third-order valence-corrected chi connectivity index (χ3v) is 5.69. The molecule has 2 aromatic heterocycles. The van der Waals surface area contributed by atoms with Gasteiger partial charge < -0.3 is 4.90 Å². The van der Waals surface area contributed by atoms with E-state index in [0.717, 1.165) is 22.3 Å². The van der Waals surface area contributed by atoms with Crippen molar-refractivity contribution in [3.8, 4) is 0 Å². The van der Waals surface area contributed by atoms with Crippen LogP contribution >= 0.6 is 11.6 Å². The molecule has 4 aromatic rings. The number of carbonyl (C=O) groups excluding carboxylic acids is 1. The van der Waals surface area contributed by atoms with Crippen molar-refractivity contribution in [2.45, 2.75) is 19.0 Å². The monoisotopic (exact) mass is 410 g/mol. The molecule has 0 spiro atoms. The molecule has 0 bridgehead atoms. The Hall–Kier alpha value is -3.26. The lowest BCUT2D eigenvalue weighted by molar-refractivity contribution is 0.0708. The van der Waals surface area contributed by atoms with E-state index in [-0.39, 0.29) is 17.8 Å². The number of hydrogen-bond donors (Lipinski definition) is 1. The van der Waals surface area contributed by atoms with Gasteiger partial charge in [0.15, 0.2) is 0 Å². The van der Waals surface area contributed by atoms with E-state index in [1.807, 2.05) is 18.2 Å². The Labute approximate surface area is 170 Å². The molecule has 0 fully saturated rings. The van der Waals surface area contributed by atoms with Crippen LogP contribution in [0.15, 0.2) is 42.6 Å². The first kappa shape index (κ1) is 17.8. The van der Waals surface area contributed by atoms with Crippen LogP contribution in [0.2, 0.25) is 5.02 Å². The first-order chi connectivity index (χ1) is 14.0. The summed E-state index contributed by atoms with van der Waals surface area (Å²) in [4.78, 5) is 14.9. The Kier molecular flexibility index (Phi) is 4.09. The Balaban J connectivity index is 1.55. The van der Waals surface area contributed by atoms with Gasteiger partial charge in [-0.3, -0.25) is 9.48 Å². The van der Waals surface area contributed by atoms with Gasteiger partial charge in [-0.05, 0) is 41.5 Å². The summed E-state index contributed by atoms with van der Waals surface area (Å²) in [5.41, 5.74) is 4.36. The van der Waals surface area contributed by atoms with Gasteiger partial charge in [0.1, 0.15) is 16.9 Å². The maximum Gasteiger partial charge on any atom is 0.255 e. The number of nitrogens with zero attached hydrogens (tertiary/aromatic N) is 5. The first-order valence-electron chi connectivity index (χ1n) is 9.07. The van der Waals surface area contributed by atoms with Gasteiger partial charge in [-0.25, -0.2) is 4.39 Å². The maximum absolute atomic E-state index is 14.0. The van der Waals surface area contributed by atoms with Crippen molar-refractivity contribution in [1.82, 2.24) is 30.1 Å². The standard InChI is InChI=1S/C20H16ClFN6O/c1-27-19(15(21)9-23-27)8-18-14-7-12(22)3-4-13(14)20(29)28(18)10-11-2-5-16-17(6-11)25-26-24-16/h2-7,9,18H,8,10H2,1H3,(H,24,25,26). The van der Waals surface area contributed by atoms with Crippen LogP contribution in [0.3, 0.4) is 0 Å². The average Bonchev–Trinajstić information content (AvgIpc) is 3.36. The number of rotatable bonds is 4. The molecule has 1 amide bonds. The van der Waals surface area contributed by atoms with Gasteiger partial charge in [-0.15, -0.1) is 0 Å². The molecule has 1 aliphatic rings. The maximum atomic E-state index is 14.0. The Bertz CT molecular complexity index is 1230. The SMILES string of the molecule is Cn1ncc(Cl)c1CC1c2cc(F)ccc2C(=O)N1Cc1ccc2n[nH]nc2c1. The van der Waals surface area contributed by atoms with E-state index < -0.39 is 0 Å². The fraction of sp³-hybridized carbons (Fsp3) is 0.200. The van der Waals surface area contributed by atoms with Crippen LogP contribution in [0, 0.1) is 5.82 Å². The van der Waals surface area contributed by atoms with Gasteiger partial charge >= 0.3 is 0 Å². The highest BCUT2D eigenvalue weighted by Crippen LogP contribution is 2.38. The van der Waals surface area contributed by atoms with Crippen molar-refractivity contribution in [3.05, 3.63) is 75.8 Å². The summed E-state index contributed by atoms with van der Waals surface area (Å²) in [6, 6.07) is 9.60. The Morgan fingerprint density at radius 2 is 2.00 bits per heavy atom. The van der Waals surface area contributed by atoms with Crippen molar-refractivity contribution in [2.75, 3.05) is 0 Å². The van der Waals surface area contributed by atoms with Crippen molar-refractivity contribution in [2.24, 2.45) is 7.05 Å². The molecule has 5 rings (SSSR count). The van der Waals surface area contributed by atoms with Gasteiger partial charge in [0.2, 0.25) is 0 Å². The predicted octanol–water partition coefficient (Wildman–Crippen LogP) is 3.42. The molecule has 0 saturated heterocycles. The number of H-pyrrole nitrogens is 1. The van der Waals surface area contributed by atoms with Crippen LogP contribution in [0.5, 0.6) is 0 Å². The van der Waals surface area contributed by atoms with Crippen molar-refractivity contribution < 1.29 is 9.18 Å². The van der Waals surface area contributed by atoms with E-state index in [0.29, 0.717) is 29.1 Å². The van der Waals surface area contributed by atoms with Crippen LogP contribution in [-0.4, -0.2) is 36.0 Å². The number of hydrogen-bond acceptors (Lipinski definition) is 4. The highest BCUT2D eigenvalue weighted by molar-refractivity contribution is 6.31. The minimum absolute atomic E-state index is 0.136. The van der Waals surface area contributed by atoms with Crippen LogP contribution in [0.25, 0.3) is 11.0 Å². The number of carbonyl (C=O) groups is 1. The summed E-state index contributed by atoms with van der Waals surface area (Å²) >= 11 is 6.30. The molecule has 0 saturated carbocycles. The zero-order valence-electron chi connectivity index (χ0n) is 15.4. The Morgan fingerprint density at radius 1 is 1.17 bits per heavy atom. The average molecular weight is 411 g/mol. The van der Waals surface area contributed by atoms with Gasteiger partial charge in [0, 0.05) is 25.6 Å². The zero-order valence-corrected chi connectivity index (χ0v) is 16.2. The van der Waals surface area contributed by atoms with E-state index in [2.05, 4.69) is 20.5 Å². The molecule has 1 aliphatic heterocycles. The lowest BCUT2D eigenvalue weighted by Crippen LogP contribution is -2.29. The highest BCUT2D eigenvalue weighted by Gasteiger charge is 2.37. The van der Waals surface area contributed by atoms with Crippen LogP contribution in [0.4, 0.5) is 4.39 Å². The fourth-order valence-electron chi connectivity index (χ4n) is 3.90. The molecule has 1 unspecified atom stereocenters. The number of halogens is 2. The van der Waals surface area contributed by atoms with Gasteiger partial charge in [0.25, 0.3) is 5.91 Å². The lowest BCUT2D eigenvalue weighted by atomic mass is 10.00. The molecule has 1 N–H and O–H groups in total. The third kappa shape index (κ3) is 2.96. The number of nitrogens with one attached hydrogen (secondary N) is 1. The Morgan fingerprint density at radius 3 is 2.79 bits per heavy atom. The third-order valence-electron chi connectivity index (χ3n) is 5.37. The number of amides is 1. The molecule has 0 aliphatic carbocycles. The van der Waals surface area contributed by atoms with E-state index >= 15 is 0 Å². The molecular formula is C20H16ClFN6O. The topological polar surface area (TPSA) is 79.7 Å². The molecule has 0 radical (unpaired) electrons. The smallest absolute Gasteiger partial charge is 0.255 e. The molecule has 146 valence electrons. The summed E-state index contributed by atoms with van der Waals surface area (Å²) in [7, 11) is 1.80. The summed E-state index contributed by atoms with van der Waals surface area (Å²) < 4.78 is 15.7. The van der Waals surface area contributed by atoms with E-state index in [9.17, 15) is 9.18 Å². The fourth-order valence-corrected chi connectivity index (χ4v) is 4.14. The van der Waals surface area contributed by atoms with Crippen LogP contribution in [0.1, 0.15) is 33.2 Å². The molecule has 2 aromatic carbocycles. The van der Waals surface area contributed by atoms with Crippen LogP contribution < -0.4 is 0 Å². The number of benzene rings is 2. The van der Waals surface area contributed by atoms with Crippen molar-refractivity contribution in [1.29, 1.82) is 0 Å². The van der Waals surface area contributed by atoms with E-state index in [1.165, 1.54) is 12.1 Å². The van der Waals surface area contributed by atoms with Crippen LogP contribution in [-0.2, 0) is 20.0 Å². The normalized spacial score (nSPS) is 16.0. The number of aromatic amines is 1. The van der Waals surface area contributed by atoms with Gasteiger partial charge in [-0.1, -0.05) is 17.7 Å². The second-order valence-electron chi connectivity index (χ2n) is 7.09. The van der Waals surface area contributed by atoms with Gasteiger partial charge in [-0.2, -0.15) is 20.5 Å². The van der Waals surface area contributed by atoms with Gasteiger partial charge in [0.05, 0.1) is 23.0 Å². The second kappa shape index (κ2) is 6.66. The molecule has 7 nitrogen and oxygen atoms in total. The number of aryl methyl sites for hydroxylation is 1. The number of fused-ring (bicyclic) bond motifs is 2. The van der Waals surface area contributed by atoms with E-state index in [4.69, 9.17) is 11.6 Å². The van der Waals surface area contributed by atoms with Crippen molar-refractivity contribution >= 4 is 28.5 Å². The predicted molar refractivity (Wildman–Crippen MR) is 105 cm³/mol. The largest absolute Gasteiger partial charge is 0.327 e. The first-order valence-corrected chi connectivity index (χ1v) is 9.45. The summed E-state index contributed by atoms with van der Waals surface area (Å²) in [6.07, 6.45) is 2.01. The summed E-state index contributed by atoms with van der Waals surface area (Å²) in [5, 5.41) is 15.4. The molecular weight excluding hydrogens is 395 g/mol.